The van der Waals surface area contributed by atoms with E-state index in [1.54, 1.807) is 12.1 Å². The fourth-order valence-electron chi connectivity index (χ4n) is 2.74. The van der Waals surface area contributed by atoms with E-state index in [0.717, 1.165) is 31.1 Å². The molecule has 3 aliphatic heterocycles. The summed E-state index contributed by atoms with van der Waals surface area (Å²) in [6, 6.07) is 3.45. The molecule has 0 bridgehead atoms. The van der Waals surface area contributed by atoms with Crippen molar-refractivity contribution in [2.45, 2.75) is 19.3 Å². The number of piperidine rings is 1. The number of amides is 1. The maximum atomic E-state index is 12.3. The maximum Gasteiger partial charge on any atom is 0.283 e. The summed E-state index contributed by atoms with van der Waals surface area (Å²) >= 11 is 4.57. The third kappa shape index (κ3) is 2.82. The van der Waals surface area contributed by atoms with Gasteiger partial charge < -0.3 is 9.32 Å². The fourth-order valence-corrected chi connectivity index (χ4v) is 4.01. The van der Waals surface area contributed by atoms with Crippen molar-refractivity contribution >= 4 is 55.8 Å². The van der Waals surface area contributed by atoms with Crippen molar-refractivity contribution in [2.75, 3.05) is 13.1 Å². The van der Waals surface area contributed by atoms with Gasteiger partial charge in [0, 0.05) is 13.1 Å². The number of furan rings is 1. The van der Waals surface area contributed by atoms with E-state index in [4.69, 9.17) is 9.83 Å². The first-order valence-corrected chi connectivity index (χ1v) is 9.23. The lowest BCUT2D eigenvalue weighted by atomic mass is 10.1. The van der Waals surface area contributed by atoms with Gasteiger partial charge in [0.05, 0.1) is 5.57 Å². The van der Waals surface area contributed by atoms with Gasteiger partial charge in [-0.05, 0) is 65.2 Å². The van der Waals surface area contributed by atoms with Crippen LogP contribution in [0.5, 0.6) is 0 Å². The lowest BCUT2D eigenvalue weighted by molar-refractivity contribution is -0.114. The number of nitrogens with one attached hydrogen (secondary N) is 1. The quantitative estimate of drug-likeness (QED) is 0.722. The number of rotatable bonds is 1. The molecule has 7 nitrogen and oxygen atoms in total. The van der Waals surface area contributed by atoms with Gasteiger partial charge in [0.25, 0.3) is 5.91 Å². The second-order valence-corrected chi connectivity index (χ2v) is 7.31. The Labute approximate surface area is 151 Å². The molecule has 4 rings (SSSR count). The molecular formula is C15H14BrN5O2S. The normalized spacial score (nSPS) is 22.8. The number of thioether (sulfide) groups is 1. The maximum absolute atomic E-state index is 12.3. The Morgan fingerprint density at radius 2 is 2.04 bits per heavy atom. The predicted molar refractivity (Wildman–Crippen MR) is 96.8 cm³/mol. The number of fused-ring (bicyclic) bond motifs is 1. The van der Waals surface area contributed by atoms with E-state index in [1.165, 1.54) is 29.3 Å². The number of hydrazone groups is 1. The van der Waals surface area contributed by atoms with Crippen molar-refractivity contribution in [3.05, 3.63) is 28.1 Å². The van der Waals surface area contributed by atoms with E-state index in [0.29, 0.717) is 15.6 Å². The number of carbonyl (C=O) groups excluding carboxylic acids is 1. The molecule has 0 saturated carbocycles. The molecule has 0 radical (unpaired) electrons. The monoisotopic (exact) mass is 407 g/mol. The summed E-state index contributed by atoms with van der Waals surface area (Å²) in [4.78, 5) is 18.6. The van der Waals surface area contributed by atoms with Crippen LogP contribution in [0.1, 0.15) is 25.0 Å². The smallest absolute Gasteiger partial charge is 0.283 e. The number of aliphatic imine (C=N–C) groups is 1. The zero-order valence-corrected chi connectivity index (χ0v) is 15.1. The SMILES string of the molecule is N=C1/C(=C/c2ccc(Br)o2)C(=O)N=C2SC(N3CCCCC3)=NN12. The highest BCUT2D eigenvalue weighted by Crippen LogP contribution is 2.30. The molecule has 1 aromatic heterocycles. The zero-order valence-electron chi connectivity index (χ0n) is 12.7. The molecule has 1 aromatic rings. The lowest BCUT2D eigenvalue weighted by Crippen LogP contribution is -2.35. The third-order valence-corrected chi connectivity index (χ3v) is 5.35. The molecule has 0 aromatic carbocycles. The second kappa shape index (κ2) is 6.21. The van der Waals surface area contributed by atoms with Crippen molar-refractivity contribution in [1.82, 2.24) is 9.91 Å². The minimum atomic E-state index is -0.443. The topological polar surface area (TPSA) is 85.3 Å². The van der Waals surface area contributed by atoms with Gasteiger partial charge in [-0.1, -0.05) is 0 Å². The second-order valence-electron chi connectivity index (χ2n) is 5.59. The summed E-state index contributed by atoms with van der Waals surface area (Å²) in [5, 5.41) is 15.5. The number of likely N-dealkylation sites (tertiary alicyclic amines) is 1. The van der Waals surface area contributed by atoms with Crippen LogP contribution in [0.25, 0.3) is 6.08 Å². The van der Waals surface area contributed by atoms with Crippen molar-refractivity contribution < 1.29 is 9.21 Å². The number of hydrogen-bond donors (Lipinski definition) is 1. The Morgan fingerprint density at radius 1 is 1.25 bits per heavy atom. The van der Waals surface area contributed by atoms with Gasteiger partial charge in [0.15, 0.2) is 15.7 Å². The summed E-state index contributed by atoms with van der Waals surface area (Å²) in [5.41, 5.74) is 0.171. The molecule has 1 fully saturated rings. The van der Waals surface area contributed by atoms with Crippen LogP contribution in [-0.4, -0.2) is 45.1 Å². The van der Waals surface area contributed by atoms with Gasteiger partial charge in [-0.25, -0.2) is 0 Å². The summed E-state index contributed by atoms with van der Waals surface area (Å²) in [6.07, 6.45) is 5.04. The summed E-state index contributed by atoms with van der Waals surface area (Å²) < 4.78 is 5.95. The number of hydrogen-bond acceptors (Lipinski definition) is 6. The lowest BCUT2D eigenvalue weighted by Gasteiger charge is -2.26. The van der Waals surface area contributed by atoms with Crippen molar-refractivity contribution in [3.63, 3.8) is 0 Å². The van der Waals surface area contributed by atoms with Gasteiger partial charge in [-0.3, -0.25) is 10.2 Å². The summed E-state index contributed by atoms with van der Waals surface area (Å²) in [7, 11) is 0. The molecule has 124 valence electrons. The highest BCUT2D eigenvalue weighted by molar-refractivity contribution is 9.10. The molecule has 0 aliphatic carbocycles. The Morgan fingerprint density at radius 3 is 2.75 bits per heavy atom. The van der Waals surface area contributed by atoms with Gasteiger partial charge >= 0.3 is 0 Å². The summed E-state index contributed by atoms with van der Waals surface area (Å²) in [6.45, 7) is 1.91. The Bertz CT molecular complexity index is 807. The molecule has 4 heterocycles. The van der Waals surface area contributed by atoms with Gasteiger partial charge in [0.2, 0.25) is 5.17 Å². The minimum Gasteiger partial charge on any atom is -0.450 e. The molecule has 1 amide bonds. The van der Waals surface area contributed by atoms with Crippen LogP contribution in [-0.2, 0) is 4.79 Å². The van der Waals surface area contributed by atoms with E-state index < -0.39 is 5.91 Å². The average Bonchev–Trinajstić information content (AvgIpc) is 3.18. The fraction of sp³-hybridized carbons (Fsp3) is 0.333. The van der Waals surface area contributed by atoms with E-state index in [2.05, 4.69) is 30.9 Å². The molecule has 1 N–H and O–H groups in total. The molecule has 9 heteroatoms. The molecule has 0 unspecified atom stereocenters. The minimum absolute atomic E-state index is 0.0250. The van der Waals surface area contributed by atoms with Gasteiger partial charge in [-0.2, -0.15) is 10.0 Å². The number of carbonyl (C=O) groups is 1. The van der Waals surface area contributed by atoms with E-state index in [-0.39, 0.29) is 11.4 Å². The van der Waals surface area contributed by atoms with Crippen LogP contribution in [0.3, 0.4) is 0 Å². The van der Waals surface area contributed by atoms with Crippen LogP contribution >= 0.6 is 27.7 Å². The third-order valence-electron chi connectivity index (χ3n) is 3.95. The molecular weight excluding hydrogens is 394 g/mol. The molecule has 24 heavy (non-hydrogen) atoms. The number of amidine groups is 3. The number of nitrogens with zero attached hydrogens (tertiary/aromatic N) is 4. The highest BCUT2D eigenvalue weighted by Gasteiger charge is 2.37. The van der Waals surface area contributed by atoms with Crippen LogP contribution < -0.4 is 0 Å². The van der Waals surface area contributed by atoms with E-state index in [9.17, 15) is 4.79 Å². The number of halogens is 1. The zero-order chi connectivity index (χ0) is 16.7. The van der Waals surface area contributed by atoms with Crippen LogP contribution in [0.2, 0.25) is 0 Å². The first-order chi connectivity index (χ1) is 11.6. The van der Waals surface area contributed by atoms with Crippen molar-refractivity contribution in [3.8, 4) is 0 Å². The van der Waals surface area contributed by atoms with Crippen LogP contribution in [0, 0.1) is 5.41 Å². The Kier molecular flexibility index (Phi) is 4.05. The van der Waals surface area contributed by atoms with E-state index in [1.807, 2.05) is 0 Å². The molecule has 3 aliphatic rings. The molecule has 0 spiro atoms. The van der Waals surface area contributed by atoms with E-state index >= 15 is 0 Å². The van der Waals surface area contributed by atoms with Crippen LogP contribution in [0.15, 0.2) is 36.9 Å². The molecule has 0 atom stereocenters. The van der Waals surface area contributed by atoms with Gasteiger partial charge in [-0.15, -0.1) is 5.10 Å². The Hall–Kier alpha value is -1.87. The first-order valence-electron chi connectivity index (χ1n) is 7.62. The molecule has 1 saturated heterocycles. The van der Waals surface area contributed by atoms with Crippen LogP contribution in [0.4, 0.5) is 0 Å². The first kappa shape index (κ1) is 15.6. The van der Waals surface area contributed by atoms with Crippen molar-refractivity contribution in [2.24, 2.45) is 10.1 Å². The van der Waals surface area contributed by atoms with Gasteiger partial charge in [0.1, 0.15) is 5.76 Å². The Balaban J connectivity index is 1.62. The standard InChI is InChI=1S/C15H14BrN5O2S/c16-11-5-4-9(23-11)8-10-12(17)21-14(18-13(10)22)24-15(19-21)20-6-2-1-3-7-20/h4-5,8,17H,1-3,6-7H2/b10-8-,17-12?. The van der Waals surface area contributed by atoms with Crippen molar-refractivity contribution in [1.29, 1.82) is 5.41 Å². The summed E-state index contributed by atoms with van der Waals surface area (Å²) in [5.74, 6) is 0.0686. The highest BCUT2D eigenvalue weighted by atomic mass is 79.9. The average molecular weight is 408 g/mol. The predicted octanol–water partition coefficient (Wildman–Crippen LogP) is 3.10. The largest absolute Gasteiger partial charge is 0.450 e.